The van der Waals surface area contributed by atoms with Crippen LogP contribution in [0.5, 0.6) is 5.75 Å². The van der Waals surface area contributed by atoms with Crippen molar-refractivity contribution in [2.75, 3.05) is 33.3 Å². The number of hydrogen-bond donors (Lipinski definition) is 1. The van der Waals surface area contributed by atoms with Crippen molar-refractivity contribution >= 4 is 0 Å². The van der Waals surface area contributed by atoms with Crippen LogP contribution in [-0.2, 0) is 0 Å². The monoisotopic (exact) mass is 276 g/mol. The topological polar surface area (TPSA) is 24.5 Å². The molecule has 1 aromatic carbocycles. The summed E-state index contributed by atoms with van der Waals surface area (Å²) in [6.07, 6.45) is 2.66. The standard InChI is InChI=1S/C17H28N2O/c1-4-19-11-9-15(10-12-19)13-18-14(2)16-5-7-17(20-3)8-6-16/h5-8,14-15,18H,4,9-13H2,1-3H3. The normalized spacial score (nSPS) is 18.9. The minimum Gasteiger partial charge on any atom is -0.497 e. The van der Waals surface area contributed by atoms with Crippen molar-refractivity contribution in [2.24, 2.45) is 5.92 Å². The van der Waals surface area contributed by atoms with E-state index in [1.807, 2.05) is 12.1 Å². The van der Waals surface area contributed by atoms with Crippen LogP contribution in [0.4, 0.5) is 0 Å². The number of ether oxygens (including phenoxy) is 1. The van der Waals surface area contributed by atoms with E-state index in [2.05, 4.69) is 36.2 Å². The Labute approximate surface area is 123 Å². The van der Waals surface area contributed by atoms with Gasteiger partial charge in [-0.05, 0) is 69.6 Å². The third-order valence-electron chi connectivity index (χ3n) is 4.48. The van der Waals surface area contributed by atoms with E-state index >= 15 is 0 Å². The van der Waals surface area contributed by atoms with E-state index < -0.39 is 0 Å². The third kappa shape index (κ3) is 4.22. The first-order valence-electron chi connectivity index (χ1n) is 7.82. The van der Waals surface area contributed by atoms with Gasteiger partial charge in [0.25, 0.3) is 0 Å². The molecule has 0 spiro atoms. The molecule has 0 aromatic heterocycles. The maximum Gasteiger partial charge on any atom is 0.118 e. The minimum atomic E-state index is 0.408. The van der Waals surface area contributed by atoms with E-state index in [-0.39, 0.29) is 0 Å². The van der Waals surface area contributed by atoms with Crippen LogP contribution in [0.15, 0.2) is 24.3 Å². The first-order valence-corrected chi connectivity index (χ1v) is 7.82. The average molecular weight is 276 g/mol. The molecule has 0 radical (unpaired) electrons. The van der Waals surface area contributed by atoms with Crippen LogP contribution in [0, 0.1) is 5.92 Å². The zero-order valence-corrected chi connectivity index (χ0v) is 13.1. The van der Waals surface area contributed by atoms with Crippen molar-refractivity contribution in [1.29, 1.82) is 0 Å². The van der Waals surface area contributed by atoms with Gasteiger partial charge in [0.2, 0.25) is 0 Å². The molecule has 1 saturated heterocycles. The van der Waals surface area contributed by atoms with Crippen LogP contribution < -0.4 is 10.1 Å². The number of likely N-dealkylation sites (tertiary alicyclic amines) is 1. The highest BCUT2D eigenvalue weighted by Crippen LogP contribution is 2.20. The van der Waals surface area contributed by atoms with E-state index in [9.17, 15) is 0 Å². The fourth-order valence-electron chi connectivity index (χ4n) is 2.86. The highest BCUT2D eigenvalue weighted by atomic mass is 16.5. The summed E-state index contributed by atoms with van der Waals surface area (Å²) in [5.41, 5.74) is 1.33. The van der Waals surface area contributed by atoms with Gasteiger partial charge in [-0.15, -0.1) is 0 Å². The molecule has 0 bridgehead atoms. The highest BCUT2D eigenvalue weighted by molar-refractivity contribution is 5.28. The van der Waals surface area contributed by atoms with Gasteiger partial charge in [-0.1, -0.05) is 19.1 Å². The lowest BCUT2D eigenvalue weighted by atomic mass is 9.96. The highest BCUT2D eigenvalue weighted by Gasteiger charge is 2.18. The Balaban J connectivity index is 1.75. The lowest BCUT2D eigenvalue weighted by Gasteiger charge is -2.31. The van der Waals surface area contributed by atoms with E-state index in [4.69, 9.17) is 4.74 Å². The lowest BCUT2D eigenvalue weighted by molar-refractivity contribution is 0.188. The van der Waals surface area contributed by atoms with Crippen molar-refractivity contribution in [3.63, 3.8) is 0 Å². The average Bonchev–Trinajstić information content (AvgIpc) is 2.53. The maximum absolute atomic E-state index is 5.20. The number of nitrogens with zero attached hydrogens (tertiary/aromatic N) is 1. The van der Waals surface area contributed by atoms with Crippen molar-refractivity contribution in [3.8, 4) is 5.75 Å². The van der Waals surface area contributed by atoms with Crippen molar-refractivity contribution in [1.82, 2.24) is 10.2 Å². The second-order valence-corrected chi connectivity index (χ2v) is 5.78. The van der Waals surface area contributed by atoms with Crippen LogP contribution in [0.1, 0.15) is 38.3 Å². The van der Waals surface area contributed by atoms with Crippen LogP contribution in [0.3, 0.4) is 0 Å². The molecular weight excluding hydrogens is 248 g/mol. The van der Waals surface area contributed by atoms with Crippen LogP contribution in [0.2, 0.25) is 0 Å². The van der Waals surface area contributed by atoms with Gasteiger partial charge in [0.15, 0.2) is 0 Å². The summed E-state index contributed by atoms with van der Waals surface area (Å²) in [7, 11) is 1.71. The summed E-state index contributed by atoms with van der Waals surface area (Å²) in [6.45, 7) is 9.35. The summed E-state index contributed by atoms with van der Waals surface area (Å²) in [5.74, 6) is 1.76. The van der Waals surface area contributed by atoms with Gasteiger partial charge in [-0.3, -0.25) is 0 Å². The molecule has 1 aliphatic rings. The number of benzene rings is 1. The molecule has 3 nitrogen and oxygen atoms in total. The molecule has 1 aromatic rings. The van der Waals surface area contributed by atoms with E-state index in [0.717, 1.165) is 18.2 Å². The third-order valence-corrected chi connectivity index (χ3v) is 4.48. The molecule has 2 rings (SSSR count). The van der Waals surface area contributed by atoms with Gasteiger partial charge in [0, 0.05) is 6.04 Å². The van der Waals surface area contributed by atoms with E-state index in [0.29, 0.717) is 6.04 Å². The summed E-state index contributed by atoms with van der Waals surface area (Å²) in [5, 5.41) is 3.68. The summed E-state index contributed by atoms with van der Waals surface area (Å²) < 4.78 is 5.20. The molecule has 1 N–H and O–H groups in total. The molecule has 1 atom stereocenters. The Morgan fingerprint density at radius 2 is 1.90 bits per heavy atom. The molecule has 20 heavy (non-hydrogen) atoms. The molecule has 0 aliphatic carbocycles. The zero-order valence-electron chi connectivity index (χ0n) is 13.1. The Hall–Kier alpha value is -1.06. The van der Waals surface area contributed by atoms with Gasteiger partial charge < -0.3 is 15.0 Å². The first-order chi connectivity index (χ1) is 9.72. The fraction of sp³-hybridized carbons (Fsp3) is 0.647. The Bertz CT molecular complexity index is 382. The van der Waals surface area contributed by atoms with Gasteiger partial charge in [-0.2, -0.15) is 0 Å². The fourth-order valence-corrected chi connectivity index (χ4v) is 2.86. The van der Waals surface area contributed by atoms with Crippen molar-refractivity contribution < 1.29 is 4.74 Å². The molecule has 3 heteroatoms. The predicted molar refractivity (Wildman–Crippen MR) is 84.2 cm³/mol. The molecule has 0 amide bonds. The van der Waals surface area contributed by atoms with Crippen LogP contribution in [0.25, 0.3) is 0 Å². The van der Waals surface area contributed by atoms with Gasteiger partial charge in [-0.25, -0.2) is 0 Å². The van der Waals surface area contributed by atoms with E-state index in [1.54, 1.807) is 7.11 Å². The minimum absolute atomic E-state index is 0.408. The lowest BCUT2D eigenvalue weighted by Crippen LogP contribution is -2.37. The summed E-state index contributed by atoms with van der Waals surface area (Å²) >= 11 is 0. The number of piperidine rings is 1. The number of methoxy groups -OCH3 is 1. The first kappa shape index (κ1) is 15.3. The van der Waals surface area contributed by atoms with Crippen molar-refractivity contribution in [3.05, 3.63) is 29.8 Å². The molecule has 1 unspecified atom stereocenters. The Morgan fingerprint density at radius 3 is 2.45 bits per heavy atom. The molecule has 1 heterocycles. The molecular formula is C17H28N2O. The second kappa shape index (κ2) is 7.65. The SMILES string of the molecule is CCN1CCC(CNC(C)c2ccc(OC)cc2)CC1. The van der Waals surface area contributed by atoms with Gasteiger partial charge >= 0.3 is 0 Å². The Morgan fingerprint density at radius 1 is 1.25 bits per heavy atom. The smallest absolute Gasteiger partial charge is 0.118 e. The van der Waals surface area contributed by atoms with E-state index in [1.165, 1.54) is 38.0 Å². The molecule has 1 aliphatic heterocycles. The van der Waals surface area contributed by atoms with Crippen LogP contribution >= 0.6 is 0 Å². The predicted octanol–water partition coefficient (Wildman–Crippen LogP) is 3.08. The largest absolute Gasteiger partial charge is 0.497 e. The summed E-state index contributed by atoms with van der Waals surface area (Å²) in [6, 6.07) is 8.78. The second-order valence-electron chi connectivity index (χ2n) is 5.78. The zero-order chi connectivity index (χ0) is 14.4. The number of hydrogen-bond acceptors (Lipinski definition) is 3. The quantitative estimate of drug-likeness (QED) is 0.864. The maximum atomic E-state index is 5.20. The molecule has 112 valence electrons. The molecule has 1 fully saturated rings. The summed E-state index contributed by atoms with van der Waals surface area (Å²) in [4.78, 5) is 2.55. The Kier molecular flexibility index (Phi) is 5.86. The van der Waals surface area contributed by atoms with Crippen molar-refractivity contribution in [2.45, 2.75) is 32.7 Å². The van der Waals surface area contributed by atoms with Gasteiger partial charge in [0.05, 0.1) is 7.11 Å². The van der Waals surface area contributed by atoms with Gasteiger partial charge in [0.1, 0.15) is 5.75 Å². The molecule has 0 saturated carbocycles. The number of rotatable bonds is 6. The van der Waals surface area contributed by atoms with Crippen LogP contribution in [-0.4, -0.2) is 38.2 Å². The number of nitrogens with one attached hydrogen (secondary N) is 1.